The topological polar surface area (TPSA) is 72.9 Å². The molecule has 2 aliphatic rings. The normalized spacial score (nSPS) is 22.7. The molecule has 0 saturated carbocycles. The molecule has 1 amide bonds. The second kappa shape index (κ2) is 9.18. The second-order valence-electron chi connectivity index (χ2n) is 7.89. The molecule has 4 rings (SSSR count). The van der Waals surface area contributed by atoms with Crippen molar-refractivity contribution in [2.45, 2.75) is 31.4 Å². The molecular weight excluding hydrogens is 402 g/mol. The first-order chi connectivity index (χ1) is 14.5. The van der Waals surface area contributed by atoms with Gasteiger partial charge in [-0.25, -0.2) is 8.42 Å². The van der Waals surface area contributed by atoms with E-state index in [-0.39, 0.29) is 36.2 Å². The Morgan fingerprint density at radius 3 is 2.53 bits per heavy atom. The number of rotatable bonds is 7. The van der Waals surface area contributed by atoms with Crippen LogP contribution < -0.4 is 4.74 Å². The maximum Gasteiger partial charge on any atom is 0.260 e. The lowest BCUT2D eigenvalue weighted by molar-refractivity contribution is -0.137. The standard InChI is InChI=1S/C23H27NO5S/c25-23(16-29-22-11-5-4-10-21(22)18-7-2-1-3-8-18)24(15-20-9-6-13-28-20)19-12-14-30(26,27)17-19/h1-5,7-8,10-11,19-20H,6,9,12-17H2/t19-,20-/m1/s1. The Labute approximate surface area is 177 Å². The lowest BCUT2D eigenvalue weighted by atomic mass is 10.1. The molecule has 2 aromatic rings. The number of sulfone groups is 1. The zero-order valence-electron chi connectivity index (χ0n) is 16.9. The smallest absolute Gasteiger partial charge is 0.260 e. The lowest BCUT2D eigenvalue weighted by Crippen LogP contribution is -2.47. The van der Waals surface area contributed by atoms with E-state index >= 15 is 0 Å². The Hall–Kier alpha value is -2.38. The number of ether oxygens (including phenoxy) is 2. The van der Waals surface area contributed by atoms with Crippen LogP contribution in [0.15, 0.2) is 54.6 Å². The summed E-state index contributed by atoms with van der Waals surface area (Å²) in [5.74, 6) is 0.583. The van der Waals surface area contributed by atoms with E-state index in [1.165, 1.54) is 0 Å². The Balaban J connectivity index is 1.48. The molecule has 0 spiro atoms. The van der Waals surface area contributed by atoms with Gasteiger partial charge in [0.15, 0.2) is 16.4 Å². The highest BCUT2D eigenvalue weighted by Gasteiger charge is 2.36. The summed E-state index contributed by atoms with van der Waals surface area (Å²) in [6, 6.07) is 17.2. The van der Waals surface area contributed by atoms with E-state index in [1.54, 1.807) is 4.90 Å². The molecule has 2 fully saturated rings. The molecule has 0 bridgehead atoms. The van der Waals surface area contributed by atoms with Crippen molar-refractivity contribution in [1.82, 2.24) is 4.90 Å². The van der Waals surface area contributed by atoms with Gasteiger partial charge in [0.2, 0.25) is 0 Å². The van der Waals surface area contributed by atoms with Crippen LogP contribution in [0, 0.1) is 0 Å². The molecular formula is C23H27NO5S. The number of hydrogen-bond donors (Lipinski definition) is 0. The molecule has 30 heavy (non-hydrogen) atoms. The molecule has 2 heterocycles. The number of benzene rings is 2. The summed E-state index contributed by atoms with van der Waals surface area (Å²) in [5.41, 5.74) is 1.93. The number of hydrogen-bond acceptors (Lipinski definition) is 5. The zero-order chi connectivity index (χ0) is 21.0. The van der Waals surface area contributed by atoms with Crippen LogP contribution in [0.3, 0.4) is 0 Å². The van der Waals surface area contributed by atoms with Gasteiger partial charge in [0.25, 0.3) is 5.91 Å². The van der Waals surface area contributed by atoms with Gasteiger partial charge in [-0.05, 0) is 30.9 Å². The summed E-state index contributed by atoms with van der Waals surface area (Å²) >= 11 is 0. The van der Waals surface area contributed by atoms with Crippen LogP contribution >= 0.6 is 0 Å². The Kier molecular flexibility index (Phi) is 6.39. The molecule has 0 aliphatic carbocycles. The van der Waals surface area contributed by atoms with Crippen molar-refractivity contribution in [3.63, 3.8) is 0 Å². The third-order valence-corrected chi connectivity index (χ3v) is 7.47. The fourth-order valence-corrected chi connectivity index (χ4v) is 5.89. The highest BCUT2D eigenvalue weighted by Crippen LogP contribution is 2.30. The quantitative estimate of drug-likeness (QED) is 0.677. The minimum atomic E-state index is -3.09. The third kappa shape index (κ3) is 5.02. The molecule has 160 valence electrons. The third-order valence-electron chi connectivity index (χ3n) is 5.72. The van der Waals surface area contributed by atoms with Gasteiger partial charge in [0.1, 0.15) is 5.75 Å². The van der Waals surface area contributed by atoms with Crippen LogP contribution in [0.2, 0.25) is 0 Å². The molecule has 0 radical (unpaired) electrons. The zero-order valence-corrected chi connectivity index (χ0v) is 17.7. The summed E-state index contributed by atoms with van der Waals surface area (Å²) in [7, 11) is -3.09. The van der Waals surface area contributed by atoms with E-state index in [4.69, 9.17) is 9.47 Å². The van der Waals surface area contributed by atoms with Crippen LogP contribution in [0.5, 0.6) is 5.75 Å². The maximum atomic E-state index is 13.1. The van der Waals surface area contributed by atoms with Crippen LogP contribution in [0.25, 0.3) is 11.1 Å². The van der Waals surface area contributed by atoms with Crippen LogP contribution in [0.4, 0.5) is 0 Å². The van der Waals surface area contributed by atoms with Crippen molar-refractivity contribution in [2.24, 2.45) is 0 Å². The van der Waals surface area contributed by atoms with E-state index in [1.807, 2.05) is 54.6 Å². The van der Waals surface area contributed by atoms with Crippen LogP contribution in [0.1, 0.15) is 19.3 Å². The average Bonchev–Trinajstić information content (AvgIpc) is 3.40. The Morgan fingerprint density at radius 1 is 1.07 bits per heavy atom. The van der Waals surface area contributed by atoms with Crippen molar-refractivity contribution in [3.8, 4) is 16.9 Å². The van der Waals surface area contributed by atoms with Crippen molar-refractivity contribution in [1.29, 1.82) is 0 Å². The highest BCUT2D eigenvalue weighted by molar-refractivity contribution is 7.91. The van der Waals surface area contributed by atoms with E-state index in [0.717, 1.165) is 24.0 Å². The number of carbonyl (C=O) groups is 1. The fraction of sp³-hybridized carbons (Fsp3) is 0.435. The average molecular weight is 430 g/mol. The SMILES string of the molecule is O=C(COc1ccccc1-c1ccccc1)N(C[C@H]1CCCO1)[C@@H]1CCS(=O)(=O)C1. The largest absolute Gasteiger partial charge is 0.483 e. The molecule has 0 N–H and O–H groups in total. The van der Waals surface area contributed by atoms with Gasteiger partial charge in [-0.3, -0.25) is 4.79 Å². The summed E-state index contributed by atoms with van der Waals surface area (Å²) in [6.07, 6.45) is 2.30. The minimum Gasteiger partial charge on any atom is -0.483 e. The van der Waals surface area contributed by atoms with Gasteiger partial charge >= 0.3 is 0 Å². The van der Waals surface area contributed by atoms with Gasteiger partial charge in [-0.15, -0.1) is 0 Å². The summed E-state index contributed by atoms with van der Waals surface area (Å²) in [5, 5.41) is 0. The van der Waals surface area contributed by atoms with Gasteiger partial charge < -0.3 is 14.4 Å². The van der Waals surface area contributed by atoms with E-state index in [0.29, 0.717) is 25.3 Å². The monoisotopic (exact) mass is 429 g/mol. The van der Waals surface area contributed by atoms with Crippen LogP contribution in [-0.2, 0) is 19.4 Å². The Bertz CT molecular complexity index is 970. The molecule has 2 aromatic carbocycles. The number of amides is 1. The second-order valence-corrected chi connectivity index (χ2v) is 10.1. The summed E-state index contributed by atoms with van der Waals surface area (Å²) in [6.45, 7) is 0.979. The molecule has 0 unspecified atom stereocenters. The number of carbonyl (C=O) groups excluding carboxylic acids is 1. The molecule has 2 saturated heterocycles. The van der Waals surface area contributed by atoms with Crippen molar-refractivity contribution < 1.29 is 22.7 Å². The molecule has 0 aromatic heterocycles. The Morgan fingerprint density at radius 2 is 1.83 bits per heavy atom. The van der Waals surface area contributed by atoms with Gasteiger partial charge in [0, 0.05) is 24.8 Å². The van der Waals surface area contributed by atoms with Gasteiger partial charge in [-0.1, -0.05) is 48.5 Å². The summed E-state index contributed by atoms with van der Waals surface area (Å²) in [4.78, 5) is 14.8. The van der Waals surface area contributed by atoms with Gasteiger partial charge in [-0.2, -0.15) is 0 Å². The number of nitrogens with zero attached hydrogens (tertiary/aromatic N) is 1. The van der Waals surface area contributed by atoms with Crippen molar-refractivity contribution in [2.75, 3.05) is 31.3 Å². The van der Waals surface area contributed by atoms with Crippen LogP contribution in [-0.4, -0.2) is 62.6 Å². The van der Waals surface area contributed by atoms with Gasteiger partial charge in [0.05, 0.1) is 17.6 Å². The molecule has 6 nitrogen and oxygen atoms in total. The van der Waals surface area contributed by atoms with Crippen molar-refractivity contribution in [3.05, 3.63) is 54.6 Å². The number of para-hydroxylation sites is 1. The van der Waals surface area contributed by atoms with Crippen molar-refractivity contribution >= 4 is 15.7 Å². The lowest BCUT2D eigenvalue weighted by Gasteiger charge is -2.30. The predicted molar refractivity (Wildman–Crippen MR) is 115 cm³/mol. The first kappa shape index (κ1) is 20.9. The first-order valence-electron chi connectivity index (χ1n) is 10.4. The molecule has 2 atom stereocenters. The summed E-state index contributed by atoms with van der Waals surface area (Å²) < 4.78 is 35.6. The van der Waals surface area contributed by atoms with E-state index in [2.05, 4.69) is 0 Å². The maximum absolute atomic E-state index is 13.1. The molecule has 2 aliphatic heterocycles. The first-order valence-corrected chi connectivity index (χ1v) is 12.2. The minimum absolute atomic E-state index is 0.0199. The van der Waals surface area contributed by atoms with E-state index in [9.17, 15) is 13.2 Å². The predicted octanol–water partition coefficient (Wildman–Crippen LogP) is 2.93. The molecule has 7 heteroatoms. The van der Waals surface area contributed by atoms with E-state index < -0.39 is 9.84 Å². The fourth-order valence-electron chi connectivity index (χ4n) is 4.15. The highest BCUT2D eigenvalue weighted by atomic mass is 32.2.